The fourth-order valence-corrected chi connectivity index (χ4v) is 1.09. The Balaban J connectivity index is 2.60. The number of carbonyl (C=O) groups is 1. The Labute approximate surface area is 83.2 Å². The van der Waals surface area contributed by atoms with E-state index in [4.69, 9.17) is 5.11 Å². The largest absolute Gasteiger partial charge is 0.478 e. The highest BCUT2D eigenvalue weighted by molar-refractivity contribution is 5.79. The maximum atomic E-state index is 10.2. The number of benzene rings is 1. The van der Waals surface area contributed by atoms with Crippen LogP contribution in [0.3, 0.4) is 0 Å². The molecule has 0 heterocycles. The number of rotatable bonds is 4. The Kier molecular flexibility index (Phi) is 3.68. The molecule has 0 unspecified atom stereocenters. The van der Waals surface area contributed by atoms with Crippen molar-refractivity contribution >= 4 is 12.0 Å². The van der Waals surface area contributed by atoms with E-state index in [1.54, 1.807) is 12.2 Å². The second-order valence-electron chi connectivity index (χ2n) is 2.89. The van der Waals surface area contributed by atoms with Gasteiger partial charge in [-0.05, 0) is 17.5 Å². The van der Waals surface area contributed by atoms with Gasteiger partial charge in [-0.2, -0.15) is 0 Å². The number of carboxylic acids is 1. The minimum Gasteiger partial charge on any atom is -0.478 e. The van der Waals surface area contributed by atoms with Gasteiger partial charge < -0.3 is 5.11 Å². The van der Waals surface area contributed by atoms with Crippen molar-refractivity contribution in [2.75, 3.05) is 0 Å². The van der Waals surface area contributed by atoms with E-state index in [9.17, 15) is 4.79 Å². The molecule has 1 aromatic carbocycles. The number of allylic oxidation sites excluding steroid dienone is 1. The maximum absolute atomic E-state index is 10.2. The Morgan fingerprint density at radius 3 is 2.50 bits per heavy atom. The van der Waals surface area contributed by atoms with Crippen molar-refractivity contribution in [2.24, 2.45) is 0 Å². The van der Waals surface area contributed by atoms with Crippen LogP contribution in [0.15, 0.2) is 43.0 Å². The van der Waals surface area contributed by atoms with Crippen LogP contribution in [0.25, 0.3) is 6.08 Å². The lowest BCUT2D eigenvalue weighted by Gasteiger charge is -1.96. The lowest BCUT2D eigenvalue weighted by atomic mass is 10.1. The van der Waals surface area contributed by atoms with Gasteiger partial charge in [-0.3, -0.25) is 0 Å². The zero-order chi connectivity index (χ0) is 10.4. The first-order chi connectivity index (χ1) is 6.72. The summed E-state index contributed by atoms with van der Waals surface area (Å²) in [5.41, 5.74) is 2.16. The number of aliphatic carboxylic acids is 1. The van der Waals surface area contributed by atoms with E-state index in [-0.39, 0.29) is 0 Å². The molecular weight excluding hydrogens is 176 g/mol. The van der Waals surface area contributed by atoms with E-state index in [1.165, 1.54) is 0 Å². The van der Waals surface area contributed by atoms with Crippen LogP contribution < -0.4 is 0 Å². The Hall–Kier alpha value is -1.83. The Bertz CT molecular complexity index is 347. The van der Waals surface area contributed by atoms with Crippen LogP contribution in [0.5, 0.6) is 0 Å². The molecule has 0 bridgehead atoms. The molecule has 0 spiro atoms. The van der Waals surface area contributed by atoms with Crippen LogP contribution in [0.4, 0.5) is 0 Å². The second-order valence-corrected chi connectivity index (χ2v) is 2.89. The molecule has 0 radical (unpaired) electrons. The molecule has 1 N–H and O–H groups in total. The van der Waals surface area contributed by atoms with E-state index in [0.29, 0.717) is 6.42 Å². The summed E-state index contributed by atoms with van der Waals surface area (Å²) < 4.78 is 0. The quantitative estimate of drug-likeness (QED) is 0.737. The molecule has 2 nitrogen and oxygen atoms in total. The van der Waals surface area contributed by atoms with Crippen molar-refractivity contribution in [1.82, 2.24) is 0 Å². The third kappa shape index (κ3) is 3.27. The van der Waals surface area contributed by atoms with E-state index in [1.807, 2.05) is 24.3 Å². The maximum Gasteiger partial charge on any atom is 0.327 e. The Morgan fingerprint density at radius 2 is 2.00 bits per heavy atom. The average Bonchev–Trinajstić information content (AvgIpc) is 2.18. The zero-order valence-corrected chi connectivity index (χ0v) is 7.81. The van der Waals surface area contributed by atoms with Crippen LogP contribution in [-0.2, 0) is 11.2 Å². The fraction of sp³-hybridized carbons (Fsp3) is 0.0833. The van der Waals surface area contributed by atoms with Gasteiger partial charge in [0.25, 0.3) is 0 Å². The summed E-state index contributed by atoms with van der Waals surface area (Å²) in [7, 11) is 0. The van der Waals surface area contributed by atoms with E-state index in [0.717, 1.165) is 17.2 Å². The minimum absolute atomic E-state index is 0.643. The first kappa shape index (κ1) is 10.3. The van der Waals surface area contributed by atoms with Gasteiger partial charge in [-0.15, -0.1) is 0 Å². The summed E-state index contributed by atoms with van der Waals surface area (Å²) in [6.45, 7) is 3.65. The highest BCUT2D eigenvalue weighted by Crippen LogP contribution is 2.06. The highest BCUT2D eigenvalue weighted by Gasteiger charge is 1.90. The van der Waals surface area contributed by atoms with Crippen molar-refractivity contribution in [3.05, 3.63) is 54.1 Å². The zero-order valence-electron chi connectivity index (χ0n) is 7.81. The van der Waals surface area contributed by atoms with Gasteiger partial charge in [0.15, 0.2) is 0 Å². The van der Waals surface area contributed by atoms with Gasteiger partial charge in [0.2, 0.25) is 0 Å². The molecule has 0 aliphatic heterocycles. The summed E-state index contributed by atoms with van der Waals surface area (Å²) in [6.07, 6.45) is 5.20. The third-order valence-corrected chi connectivity index (χ3v) is 1.83. The number of carboxylic acid groups (broad SMARTS) is 1. The van der Waals surface area contributed by atoms with Crippen LogP contribution in [0.2, 0.25) is 0 Å². The molecule has 2 heteroatoms. The molecule has 0 aliphatic rings. The summed E-state index contributed by atoms with van der Waals surface area (Å²) in [5, 5.41) is 8.37. The van der Waals surface area contributed by atoms with Crippen LogP contribution >= 0.6 is 0 Å². The van der Waals surface area contributed by atoms with Crippen molar-refractivity contribution < 1.29 is 9.90 Å². The van der Waals surface area contributed by atoms with Gasteiger partial charge in [-0.25, -0.2) is 4.79 Å². The van der Waals surface area contributed by atoms with E-state index < -0.39 is 5.97 Å². The van der Waals surface area contributed by atoms with Crippen LogP contribution in [-0.4, -0.2) is 11.1 Å². The lowest BCUT2D eigenvalue weighted by Crippen LogP contribution is -1.87. The third-order valence-electron chi connectivity index (χ3n) is 1.83. The van der Waals surface area contributed by atoms with Crippen LogP contribution in [0.1, 0.15) is 11.1 Å². The second kappa shape index (κ2) is 5.02. The van der Waals surface area contributed by atoms with E-state index >= 15 is 0 Å². The van der Waals surface area contributed by atoms with Crippen molar-refractivity contribution in [1.29, 1.82) is 0 Å². The SMILES string of the molecule is C=Cc1ccc(CC=CC(=O)O)cc1. The first-order valence-electron chi connectivity index (χ1n) is 4.33. The molecule has 0 aromatic heterocycles. The number of hydrogen-bond donors (Lipinski definition) is 1. The van der Waals surface area contributed by atoms with Crippen LogP contribution in [0, 0.1) is 0 Å². The average molecular weight is 188 g/mol. The molecular formula is C12H12O2. The normalized spacial score (nSPS) is 10.3. The molecule has 1 rings (SSSR count). The summed E-state index contributed by atoms with van der Waals surface area (Å²) in [5.74, 6) is -0.910. The fourth-order valence-electron chi connectivity index (χ4n) is 1.09. The molecule has 0 saturated carbocycles. The monoisotopic (exact) mass is 188 g/mol. The number of hydrogen-bond acceptors (Lipinski definition) is 1. The smallest absolute Gasteiger partial charge is 0.327 e. The standard InChI is InChI=1S/C12H12O2/c1-2-10-6-8-11(9-7-10)4-3-5-12(13)14/h2-3,5-9H,1,4H2,(H,13,14). The molecule has 0 atom stereocenters. The molecule has 0 amide bonds. The predicted octanol–water partition coefficient (Wildman–Crippen LogP) is 2.51. The molecule has 0 fully saturated rings. The van der Waals surface area contributed by atoms with Gasteiger partial charge in [0.05, 0.1) is 0 Å². The lowest BCUT2D eigenvalue weighted by molar-refractivity contribution is -0.131. The highest BCUT2D eigenvalue weighted by atomic mass is 16.4. The Morgan fingerprint density at radius 1 is 1.36 bits per heavy atom. The summed E-state index contributed by atoms with van der Waals surface area (Å²) in [4.78, 5) is 10.2. The van der Waals surface area contributed by atoms with Crippen molar-refractivity contribution in [3.8, 4) is 0 Å². The first-order valence-corrected chi connectivity index (χ1v) is 4.33. The molecule has 0 saturated heterocycles. The van der Waals surface area contributed by atoms with Gasteiger partial charge in [0, 0.05) is 6.08 Å². The molecule has 72 valence electrons. The van der Waals surface area contributed by atoms with Gasteiger partial charge in [0.1, 0.15) is 0 Å². The summed E-state index contributed by atoms with van der Waals surface area (Å²) >= 11 is 0. The molecule has 1 aromatic rings. The van der Waals surface area contributed by atoms with E-state index in [2.05, 4.69) is 6.58 Å². The minimum atomic E-state index is -0.910. The van der Waals surface area contributed by atoms with Crippen molar-refractivity contribution in [2.45, 2.75) is 6.42 Å². The van der Waals surface area contributed by atoms with Crippen molar-refractivity contribution in [3.63, 3.8) is 0 Å². The molecule has 0 aliphatic carbocycles. The molecule has 14 heavy (non-hydrogen) atoms. The predicted molar refractivity (Wildman–Crippen MR) is 57.0 cm³/mol. The van der Waals surface area contributed by atoms with Gasteiger partial charge in [-0.1, -0.05) is 43.0 Å². The summed E-state index contributed by atoms with van der Waals surface area (Å²) in [6, 6.07) is 7.83. The topological polar surface area (TPSA) is 37.3 Å². The van der Waals surface area contributed by atoms with Gasteiger partial charge >= 0.3 is 5.97 Å².